The summed E-state index contributed by atoms with van der Waals surface area (Å²) in [6.07, 6.45) is 2.76. The Bertz CT molecular complexity index is 654. The van der Waals surface area contributed by atoms with Crippen LogP contribution in [0, 0.1) is 0 Å². The molecule has 5 nitrogen and oxygen atoms in total. The Hall–Kier alpha value is -2.43. The molecular formula is C15H15N3O2. The molecule has 0 bridgehead atoms. The van der Waals surface area contributed by atoms with Gasteiger partial charge < -0.3 is 10.6 Å². The molecule has 1 fully saturated rings. The van der Waals surface area contributed by atoms with E-state index in [1.165, 1.54) is 0 Å². The summed E-state index contributed by atoms with van der Waals surface area (Å²) in [6, 6.07) is 9.52. The van der Waals surface area contributed by atoms with Crippen molar-refractivity contribution in [2.24, 2.45) is 0 Å². The topological polar surface area (TPSA) is 71.1 Å². The summed E-state index contributed by atoms with van der Waals surface area (Å²) >= 11 is 0. The molecule has 5 heteroatoms. The Morgan fingerprint density at radius 3 is 2.95 bits per heavy atom. The lowest BCUT2D eigenvalue weighted by Crippen LogP contribution is -2.47. The number of aromatic nitrogens is 1. The van der Waals surface area contributed by atoms with Crippen LogP contribution in [-0.2, 0) is 4.79 Å². The van der Waals surface area contributed by atoms with Gasteiger partial charge in [0.05, 0.1) is 0 Å². The van der Waals surface area contributed by atoms with Gasteiger partial charge in [0.25, 0.3) is 5.91 Å². The highest BCUT2D eigenvalue weighted by Gasteiger charge is 2.21. The second-order valence-corrected chi connectivity index (χ2v) is 4.89. The zero-order valence-electron chi connectivity index (χ0n) is 10.9. The van der Waals surface area contributed by atoms with Gasteiger partial charge in [-0.1, -0.05) is 24.3 Å². The molecule has 0 radical (unpaired) electrons. The minimum Gasteiger partial charge on any atom is -0.354 e. The van der Waals surface area contributed by atoms with Gasteiger partial charge in [-0.15, -0.1) is 0 Å². The maximum absolute atomic E-state index is 12.3. The van der Waals surface area contributed by atoms with Crippen molar-refractivity contribution in [3.8, 4) is 0 Å². The van der Waals surface area contributed by atoms with E-state index in [2.05, 4.69) is 15.6 Å². The number of piperidine rings is 1. The van der Waals surface area contributed by atoms with E-state index in [4.69, 9.17) is 0 Å². The Kier molecular flexibility index (Phi) is 3.33. The molecule has 2 heterocycles. The van der Waals surface area contributed by atoms with E-state index in [1.54, 1.807) is 6.20 Å². The molecule has 1 aliphatic rings. The number of pyridine rings is 1. The number of carbonyl (C=O) groups excluding carboxylic acids is 2. The fourth-order valence-electron chi connectivity index (χ4n) is 2.41. The van der Waals surface area contributed by atoms with Crippen LogP contribution in [-0.4, -0.2) is 29.4 Å². The number of fused-ring (bicyclic) bond motifs is 1. The lowest BCUT2D eigenvalue weighted by Gasteiger charge is -2.23. The molecule has 1 aliphatic heterocycles. The van der Waals surface area contributed by atoms with Crippen LogP contribution in [0.5, 0.6) is 0 Å². The molecule has 2 aromatic rings. The van der Waals surface area contributed by atoms with Crippen LogP contribution in [0.2, 0.25) is 0 Å². The summed E-state index contributed by atoms with van der Waals surface area (Å²) in [5.41, 5.74) is 0.431. The zero-order valence-corrected chi connectivity index (χ0v) is 10.9. The third-order valence-corrected chi connectivity index (χ3v) is 3.49. The average Bonchev–Trinajstić information content (AvgIpc) is 2.49. The maximum atomic E-state index is 12.3. The van der Waals surface area contributed by atoms with Crippen LogP contribution in [0.4, 0.5) is 0 Å². The molecule has 1 aromatic heterocycles. The number of hydrogen-bond acceptors (Lipinski definition) is 3. The first-order chi connectivity index (χ1) is 9.74. The molecule has 0 saturated carbocycles. The average molecular weight is 269 g/mol. The number of nitrogens with zero attached hydrogens (tertiary/aromatic N) is 1. The highest BCUT2D eigenvalue weighted by molar-refractivity contribution is 6.05. The first-order valence-electron chi connectivity index (χ1n) is 6.65. The quantitative estimate of drug-likeness (QED) is 0.861. The molecule has 2 N–H and O–H groups in total. The van der Waals surface area contributed by atoms with Gasteiger partial charge in [-0.2, -0.15) is 0 Å². The largest absolute Gasteiger partial charge is 0.354 e. The van der Waals surface area contributed by atoms with E-state index in [0.29, 0.717) is 25.1 Å². The molecule has 1 saturated heterocycles. The van der Waals surface area contributed by atoms with Crippen molar-refractivity contribution < 1.29 is 9.59 Å². The normalized spacial score (nSPS) is 18.6. The Balaban J connectivity index is 1.80. The van der Waals surface area contributed by atoms with Crippen LogP contribution in [0.1, 0.15) is 23.3 Å². The predicted molar refractivity (Wildman–Crippen MR) is 75.2 cm³/mol. The smallest absolute Gasteiger partial charge is 0.270 e. The molecule has 102 valence electrons. The lowest BCUT2D eigenvalue weighted by atomic mass is 10.1. The number of hydrogen-bond donors (Lipinski definition) is 2. The van der Waals surface area contributed by atoms with Crippen molar-refractivity contribution in [1.82, 2.24) is 15.6 Å². The molecule has 0 aliphatic carbocycles. The predicted octanol–water partition coefficient (Wildman–Crippen LogP) is 1.24. The van der Waals surface area contributed by atoms with Crippen LogP contribution >= 0.6 is 0 Å². The molecule has 1 unspecified atom stereocenters. The summed E-state index contributed by atoms with van der Waals surface area (Å²) in [5, 5.41) is 7.51. The number of nitrogens with one attached hydrogen (secondary N) is 2. The second-order valence-electron chi connectivity index (χ2n) is 4.89. The maximum Gasteiger partial charge on any atom is 0.270 e. The van der Waals surface area contributed by atoms with Crippen molar-refractivity contribution in [2.75, 3.05) is 6.54 Å². The number of carbonyl (C=O) groups is 2. The monoisotopic (exact) mass is 269 g/mol. The van der Waals surface area contributed by atoms with Gasteiger partial charge in [0.1, 0.15) is 5.69 Å². The van der Waals surface area contributed by atoms with Gasteiger partial charge in [0, 0.05) is 30.6 Å². The second kappa shape index (κ2) is 5.28. The molecule has 3 rings (SSSR count). The Morgan fingerprint density at radius 1 is 1.30 bits per heavy atom. The third kappa shape index (κ3) is 2.47. The van der Waals surface area contributed by atoms with Crippen molar-refractivity contribution in [1.29, 1.82) is 0 Å². The molecular weight excluding hydrogens is 254 g/mol. The van der Waals surface area contributed by atoms with E-state index in [0.717, 1.165) is 10.8 Å². The Labute approximate surface area is 116 Å². The zero-order chi connectivity index (χ0) is 13.9. The van der Waals surface area contributed by atoms with Crippen molar-refractivity contribution in [3.63, 3.8) is 0 Å². The first kappa shape index (κ1) is 12.6. The summed E-state index contributed by atoms with van der Waals surface area (Å²) < 4.78 is 0. The Morgan fingerprint density at radius 2 is 2.15 bits per heavy atom. The minimum atomic E-state index is -0.192. The summed E-state index contributed by atoms with van der Waals surface area (Å²) in [4.78, 5) is 27.6. The highest BCUT2D eigenvalue weighted by Crippen LogP contribution is 2.16. The molecule has 1 atom stereocenters. The minimum absolute atomic E-state index is 0.0269. The van der Waals surface area contributed by atoms with E-state index in [9.17, 15) is 9.59 Å². The molecule has 20 heavy (non-hydrogen) atoms. The number of rotatable bonds is 2. The molecule has 1 aromatic carbocycles. The van der Waals surface area contributed by atoms with E-state index < -0.39 is 0 Å². The van der Waals surface area contributed by atoms with Gasteiger partial charge >= 0.3 is 0 Å². The van der Waals surface area contributed by atoms with Gasteiger partial charge in [0.15, 0.2) is 0 Å². The summed E-state index contributed by atoms with van der Waals surface area (Å²) in [7, 11) is 0. The van der Waals surface area contributed by atoms with Gasteiger partial charge in [-0.25, -0.2) is 0 Å². The van der Waals surface area contributed by atoms with E-state index >= 15 is 0 Å². The van der Waals surface area contributed by atoms with Gasteiger partial charge in [-0.3, -0.25) is 14.6 Å². The van der Waals surface area contributed by atoms with Gasteiger partial charge in [0.2, 0.25) is 5.91 Å². The van der Waals surface area contributed by atoms with Crippen molar-refractivity contribution >= 4 is 22.6 Å². The lowest BCUT2D eigenvalue weighted by molar-refractivity contribution is -0.122. The fraction of sp³-hybridized carbons (Fsp3) is 0.267. The van der Waals surface area contributed by atoms with Crippen LogP contribution in [0.15, 0.2) is 36.5 Å². The van der Waals surface area contributed by atoms with Crippen LogP contribution < -0.4 is 10.6 Å². The van der Waals surface area contributed by atoms with Gasteiger partial charge in [-0.05, 0) is 17.9 Å². The van der Waals surface area contributed by atoms with Crippen LogP contribution in [0.3, 0.4) is 0 Å². The fourth-order valence-corrected chi connectivity index (χ4v) is 2.41. The van der Waals surface area contributed by atoms with Crippen molar-refractivity contribution in [3.05, 3.63) is 42.2 Å². The highest BCUT2D eigenvalue weighted by atomic mass is 16.2. The number of amides is 2. The SMILES string of the molecule is O=C1CCC(NC(=O)c2nccc3ccccc23)CN1. The summed E-state index contributed by atoms with van der Waals surface area (Å²) in [5.74, 6) is -0.151. The standard InChI is InChI=1S/C15H15N3O2/c19-13-6-5-11(9-17-13)18-15(20)14-12-4-2-1-3-10(12)7-8-16-14/h1-4,7-8,11H,5-6,9H2,(H,17,19)(H,18,20). The molecule has 2 amide bonds. The molecule has 0 spiro atoms. The van der Waals surface area contributed by atoms with E-state index in [-0.39, 0.29) is 17.9 Å². The summed E-state index contributed by atoms with van der Waals surface area (Å²) in [6.45, 7) is 0.481. The number of benzene rings is 1. The first-order valence-corrected chi connectivity index (χ1v) is 6.65. The van der Waals surface area contributed by atoms with E-state index in [1.807, 2.05) is 30.3 Å². The third-order valence-electron chi connectivity index (χ3n) is 3.49. The van der Waals surface area contributed by atoms with Crippen LogP contribution in [0.25, 0.3) is 10.8 Å². The van der Waals surface area contributed by atoms with Crippen molar-refractivity contribution in [2.45, 2.75) is 18.9 Å².